The van der Waals surface area contributed by atoms with Gasteiger partial charge in [0.1, 0.15) is 11.5 Å². The van der Waals surface area contributed by atoms with Gasteiger partial charge in [-0.3, -0.25) is 0 Å². The number of thiocarbonyl (C=S) groups is 1. The van der Waals surface area contributed by atoms with Crippen molar-refractivity contribution in [3.63, 3.8) is 0 Å². The zero-order valence-corrected chi connectivity index (χ0v) is 17.0. The molecule has 1 N–H and O–H groups in total. The molecule has 0 amide bonds. The fourth-order valence-corrected chi connectivity index (χ4v) is 4.27. The predicted molar refractivity (Wildman–Crippen MR) is 117 cm³/mol. The summed E-state index contributed by atoms with van der Waals surface area (Å²) >= 11 is 5.48. The number of rotatable bonds is 4. The van der Waals surface area contributed by atoms with Crippen LogP contribution in [-0.2, 0) is 0 Å². The molecule has 4 rings (SSSR count). The maximum atomic E-state index is 5.48. The third-order valence-electron chi connectivity index (χ3n) is 5.48. The van der Waals surface area contributed by atoms with Crippen molar-refractivity contribution in [2.75, 3.05) is 14.2 Å². The summed E-state index contributed by atoms with van der Waals surface area (Å²) in [6, 6.07) is 16.5. The van der Waals surface area contributed by atoms with Crippen LogP contribution in [0.1, 0.15) is 36.4 Å². The lowest BCUT2D eigenvalue weighted by Gasteiger charge is -2.37. The Kier molecular flexibility index (Phi) is 5.44. The highest BCUT2D eigenvalue weighted by Gasteiger charge is 2.36. The molecule has 0 bridgehead atoms. The number of fused-ring (bicyclic) bond motifs is 1. The Hall–Kier alpha value is -2.66. The largest absolute Gasteiger partial charge is 0.497 e. The van der Waals surface area contributed by atoms with E-state index >= 15 is 0 Å². The van der Waals surface area contributed by atoms with Crippen LogP contribution in [0.25, 0.3) is 6.08 Å². The third kappa shape index (κ3) is 3.80. The highest BCUT2D eigenvalue weighted by atomic mass is 32.1. The number of hydrogen-bond acceptors (Lipinski definition) is 3. The fourth-order valence-electron chi connectivity index (χ4n) is 4.04. The molecule has 0 aromatic heterocycles. The van der Waals surface area contributed by atoms with Crippen LogP contribution in [0.2, 0.25) is 0 Å². The molecular weight excluding hydrogens is 368 g/mol. The fraction of sp³-hybridized carbons (Fsp3) is 0.304. The lowest BCUT2D eigenvalue weighted by molar-refractivity contribution is 0.412. The minimum absolute atomic E-state index is 0.144. The summed E-state index contributed by atoms with van der Waals surface area (Å²) in [4.78, 5) is 4.74. The van der Waals surface area contributed by atoms with Crippen molar-refractivity contribution < 1.29 is 9.47 Å². The second-order valence-corrected chi connectivity index (χ2v) is 7.53. The molecule has 28 heavy (non-hydrogen) atoms. The number of ether oxygens (including phenoxy) is 2. The van der Waals surface area contributed by atoms with E-state index in [0.717, 1.165) is 42.0 Å². The number of aliphatic imine (C=N–C) groups is 1. The monoisotopic (exact) mass is 392 g/mol. The Balaban J connectivity index is 1.65. The minimum atomic E-state index is 0.144. The SMILES string of the molecule is COc1ccc(/C=C2\CCC[C@H]3C2=NC(=S)N[C@@H]3c2ccc(OC)cc2)cc1. The molecule has 5 heteroatoms. The number of nitrogens with zero attached hydrogens (tertiary/aromatic N) is 1. The number of allylic oxidation sites excluding steroid dienone is 1. The van der Waals surface area contributed by atoms with Gasteiger partial charge in [0.15, 0.2) is 5.11 Å². The van der Waals surface area contributed by atoms with Crippen LogP contribution < -0.4 is 14.8 Å². The number of nitrogens with one attached hydrogen (secondary N) is 1. The lowest BCUT2D eigenvalue weighted by atomic mass is 9.76. The van der Waals surface area contributed by atoms with Crippen molar-refractivity contribution in [2.45, 2.75) is 25.3 Å². The smallest absolute Gasteiger partial charge is 0.193 e. The molecule has 1 aliphatic heterocycles. The molecule has 2 aliphatic rings. The van der Waals surface area contributed by atoms with Crippen molar-refractivity contribution in [1.29, 1.82) is 0 Å². The molecule has 2 atom stereocenters. The quantitative estimate of drug-likeness (QED) is 0.747. The third-order valence-corrected chi connectivity index (χ3v) is 5.69. The summed E-state index contributed by atoms with van der Waals surface area (Å²) < 4.78 is 10.6. The lowest BCUT2D eigenvalue weighted by Crippen LogP contribution is -2.42. The van der Waals surface area contributed by atoms with Crippen molar-refractivity contribution >= 4 is 29.1 Å². The predicted octanol–water partition coefficient (Wildman–Crippen LogP) is 4.96. The summed E-state index contributed by atoms with van der Waals surface area (Å²) in [6.07, 6.45) is 5.51. The molecule has 1 saturated carbocycles. The first-order valence-electron chi connectivity index (χ1n) is 9.56. The first-order valence-corrected chi connectivity index (χ1v) is 9.97. The van der Waals surface area contributed by atoms with Crippen molar-refractivity contribution in [2.24, 2.45) is 10.9 Å². The van der Waals surface area contributed by atoms with Crippen LogP contribution in [0.3, 0.4) is 0 Å². The van der Waals surface area contributed by atoms with Crippen LogP contribution in [0.4, 0.5) is 0 Å². The Morgan fingerprint density at radius 2 is 1.64 bits per heavy atom. The zero-order valence-electron chi connectivity index (χ0n) is 16.1. The Morgan fingerprint density at radius 3 is 2.29 bits per heavy atom. The Labute approximate surface area is 171 Å². The van der Waals surface area contributed by atoms with Crippen LogP contribution in [0.15, 0.2) is 59.1 Å². The molecule has 2 aromatic carbocycles. The van der Waals surface area contributed by atoms with E-state index in [1.165, 1.54) is 11.1 Å². The second-order valence-electron chi connectivity index (χ2n) is 7.14. The molecule has 144 valence electrons. The van der Waals surface area contributed by atoms with Gasteiger partial charge < -0.3 is 14.8 Å². The molecule has 1 aliphatic carbocycles. The topological polar surface area (TPSA) is 42.8 Å². The van der Waals surface area contributed by atoms with Crippen LogP contribution in [-0.4, -0.2) is 25.0 Å². The van der Waals surface area contributed by atoms with Gasteiger partial charge in [0.25, 0.3) is 0 Å². The summed E-state index contributed by atoms with van der Waals surface area (Å²) in [7, 11) is 3.37. The first kappa shape index (κ1) is 18.7. The molecule has 0 unspecified atom stereocenters. The average Bonchev–Trinajstić information content (AvgIpc) is 2.74. The number of benzene rings is 2. The minimum Gasteiger partial charge on any atom is -0.497 e. The standard InChI is InChI=1S/C23H24N2O2S/c1-26-18-10-6-15(7-11-18)14-17-4-3-5-20-21(24-23(28)25-22(17)20)16-8-12-19(27-2)13-9-16/h6-14,20-21H,3-5H2,1-2H3,(H,24,28)/b17-14+/t20-,21-/m1/s1. The summed E-state index contributed by atoms with van der Waals surface area (Å²) in [5.41, 5.74) is 4.78. The van der Waals surface area contributed by atoms with Gasteiger partial charge in [-0.25, -0.2) is 4.99 Å². The van der Waals surface area contributed by atoms with Gasteiger partial charge in [-0.05, 0) is 78.5 Å². The molecule has 0 saturated heterocycles. The van der Waals surface area contributed by atoms with E-state index < -0.39 is 0 Å². The van der Waals surface area contributed by atoms with Gasteiger partial charge in [0, 0.05) is 5.92 Å². The van der Waals surface area contributed by atoms with E-state index in [-0.39, 0.29) is 6.04 Å². The molecule has 0 spiro atoms. The maximum Gasteiger partial charge on any atom is 0.193 e. The number of hydrogen-bond donors (Lipinski definition) is 1. The van der Waals surface area contributed by atoms with Crippen molar-refractivity contribution in [3.05, 3.63) is 65.2 Å². The summed E-state index contributed by atoms with van der Waals surface area (Å²) in [6.45, 7) is 0. The molecule has 2 aromatic rings. The van der Waals surface area contributed by atoms with Gasteiger partial charge >= 0.3 is 0 Å². The van der Waals surface area contributed by atoms with Gasteiger partial charge in [0.2, 0.25) is 0 Å². The first-order chi connectivity index (χ1) is 13.7. The van der Waals surface area contributed by atoms with E-state index in [2.05, 4.69) is 35.7 Å². The Bertz CT molecular complexity index is 917. The highest BCUT2D eigenvalue weighted by molar-refractivity contribution is 7.80. The second kappa shape index (κ2) is 8.15. The normalized spacial score (nSPS) is 22.9. The van der Waals surface area contributed by atoms with Crippen molar-refractivity contribution in [3.8, 4) is 11.5 Å². The van der Waals surface area contributed by atoms with E-state index in [0.29, 0.717) is 11.0 Å². The van der Waals surface area contributed by atoms with Gasteiger partial charge in [0.05, 0.1) is 26.0 Å². The summed E-state index contributed by atoms with van der Waals surface area (Å²) in [5, 5.41) is 3.99. The summed E-state index contributed by atoms with van der Waals surface area (Å²) in [5.74, 6) is 2.04. The zero-order chi connectivity index (χ0) is 19.5. The Morgan fingerprint density at radius 1 is 1.00 bits per heavy atom. The molecule has 1 heterocycles. The van der Waals surface area contributed by atoms with Gasteiger partial charge in [-0.1, -0.05) is 24.3 Å². The van der Waals surface area contributed by atoms with Gasteiger partial charge in [-0.2, -0.15) is 0 Å². The number of methoxy groups -OCH3 is 2. The van der Waals surface area contributed by atoms with Gasteiger partial charge in [-0.15, -0.1) is 0 Å². The van der Waals surface area contributed by atoms with E-state index in [1.54, 1.807) is 14.2 Å². The maximum absolute atomic E-state index is 5.48. The van der Waals surface area contributed by atoms with Crippen LogP contribution in [0, 0.1) is 5.92 Å². The van der Waals surface area contributed by atoms with Crippen molar-refractivity contribution in [1.82, 2.24) is 5.32 Å². The van der Waals surface area contributed by atoms with E-state index in [1.807, 2.05) is 24.3 Å². The molecular formula is C23H24N2O2S. The molecule has 0 radical (unpaired) electrons. The van der Waals surface area contributed by atoms with Crippen LogP contribution >= 0.6 is 12.2 Å². The van der Waals surface area contributed by atoms with Crippen LogP contribution in [0.5, 0.6) is 11.5 Å². The van der Waals surface area contributed by atoms with E-state index in [4.69, 9.17) is 26.7 Å². The average molecular weight is 393 g/mol. The van der Waals surface area contributed by atoms with E-state index in [9.17, 15) is 0 Å². The molecule has 1 fully saturated rings. The molecule has 4 nitrogen and oxygen atoms in total. The highest BCUT2D eigenvalue weighted by Crippen LogP contribution is 2.38.